The second-order valence-corrected chi connectivity index (χ2v) is 15.4. The number of thiophene rings is 2. The number of fused-ring (bicyclic) bond motifs is 6. The van der Waals surface area contributed by atoms with Crippen molar-refractivity contribution >= 4 is 54.7 Å². The second-order valence-electron chi connectivity index (χ2n) is 13.2. The summed E-state index contributed by atoms with van der Waals surface area (Å²) in [6.07, 6.45) is 25.5. The minimum Gasteiger partial charge on any atom is -0.367 e. The van der Waals surface area contributed by atoms with Crippen molar-refractivity contribution in [2.24, 2.45) is 11.8 Å². The van der Waals surface area contributed by atoms with Crippen LogP contribution >= 0.6 is 22.7 Å². The maximum Gasteiger partial charge on any atom is 0.138 e. The summed E-state index contributed by atoms with van der Waals surface area (Å²) in [5.74, 6) is 3.99. The molecule has 8 heteroatoms. The van der Waals surface area contributed by atoms with Gasteiger partial charge in [0.1, 0.15) is 34.0 Å². The van der Waals surface area contributed by atoms with Crippen molar-refractivity contribution < 1.29 is 0 Å². The lowest BCUT2D eigenvalue weighted by Crippen LogP contribution is -2.30. The lowest BCUT2D eigenvalue weighted by molar-refractivity contribution is 0.232. The number of hydrogen-bond acceptors (Lipinski definition) is 8. The Morgan fingerprint density at radius 3 is 1.46 bits per heavy atom. The molecule has 4 aromatic rings. The van der Waals surface area contributed by atoms with Gasteiger partial charge in [0.2, 0.25) is 0 Å². The lowest BCUT2D eigenvalue weighted by Gasteiger charge is -2.35. The van der Waals surface area contributed by atoms with Crippen molar-refractivity contribution in [1.82, 2.24) is 19.9 Å². The van der Waals surface area contributed by atoms with Crippen LogP contribution in [-0.2, 0) is 25.7 Å². The number of nitrogens with zero attached hydrogens (tertiary/aromatic N) is 4. The van der Waals surface area contributed by atoms with E-state index < -0.39 is 0 Å². The summed E-state index contributed by atoms with van der Waals surface area (Å²) < 4.78 is 0. The lowest BCUT2D eigenvalue weighted by atomic mass is 9.75. The Labute approximate surface area is 251 Å². The Hall–Kier alpha value is -2.32. The Balaban J connectivity index is 0.839. The summed E-state index contributed by atoms with van der Waals surface area (Å²) in [4.78, 5) is 24.2. The van der Waals surface area contributed by atoms with Crippen molar-refractivity contribution in [2.45, 2.75) is 121 Å². The molecule has 216 valence electrons. The Morgan fingerprint density at radius 1 is 0.561 bits per heavy atom. The van der Waals surface area contributed by atoms with Crippen LogP contribution in [0.3, 0.4) is 0 Å². The van der Waals surface area contributed by atoms with Gasteiger partial charge < -0.3 is 10.6 Å². The average molecular weight is 587 g/mol. The largest absolute Gasteiger partial charge is 0.367 e. The summed E-state index contributed by atoms with van der Waals surface area (Å²) >= 11 is 3.80. The fraction of sp³-hybridized carbons (Fsp3) is 0.636. The van der Waals surface area contributed by atoms with E-state index in [4.69, 9.17) is 9.97 Å². The Bertz CT molecular complexity index is 1410. The van der Waals surface area contributed by atoms with Gasteiger partial charge in [-0.2, -0.15) is 0 Å². The SMILES string of the molecule is c1nc(NC2CCC(CC3CCC(Nc4ncnc5sc6c(c45)CCCC6)CC3)CC2)c2c3c(sc2n1)CCCC3. The van der Waals surface area contributed by atoms with E-state index in [0.717, 1.165) is 23.5 Å². The highest BCUT2D eigenvalue weighted by Crippen LogP contribution is 2.42. The number of rotatable bonds is 6. The van der Waals surface area contributed by atoms with Gasteiger partial charge in [0.15, 0.2) is 0 Å². The predicted molar refractivity (Wildman–Crippen MR) is 171 cm³/mol. The van der Waals surface area contributed by atoms with Gasteiger partial charge in [-0.1, -0.05) is 0 Å². The first kappa shape index (κ1) is 26.3. The molecule has 0 aromatic carbocycles. The first-order valence-electron chi connectivity index (χ1n) is 16.3. The molecule has 0 radical (unpaired) electrons. The first-order chi connectivity index (χ1) is 20.3. The molecule has 0 saturated heterocycles. The van der Waals surface area contributed by atoms with Gasteiger partial charge in [-0.25, -0.2) is 19.9 Å². The second kappa shape index (κ2) is 11.4. The molecule has 0 atom stereocenters. The topological polar surface area (TPSA) is 75.6 Å². The van der Waals surface area contributed by atoms with Crippen LogP contribution in [0, 0.1) is 11.8 Å². The average Bonchev–Trinajstić information content (AvgIpc) is 3.59. The van der Waals surface area contributed by atoms with Crippen molar-refractivity contribution in [3.8, 4) is 0 Å². The van der Waals surface area contributed by atoms with Gasteiger partial charge in [0.05, 0.1) is 10.8 Å². The number of nitrogens with one attached hydrogen (secondary N) is 2. The fourth-order valence-corrected chi connectivity index (χ4v) is 10.8. The Kier molecular flexibility index (Phi) is 7.32. The smallest absolute Gasteiger partial charge is 0.138 e. The van der Waals surface area contributed by atoms with Gasteiger partial charge in [0.25, 0.3) is 0 Å². The summed E-state index contributed by atoms with van der Waals surface area (Å²) in [7, 11) is 0. The molecule has 6 nitrogen and oxygen atoms in total. The summed E-state index contributed by atoms with van der Waals surface area (Å²) in [5, 5.41) is 10.4. The van der Waals surface area contributed by atoms with Crippen LogP contribution in [0.15, 0.2) is 12.7 Å². The monoisotopic (exact) mass is 586 g/mol. The molecule has 2 N–H and O–H groups in total. The molecule has 0 amide bonds. The molecular weight excluding hydrogens is 545 g/mol. The molecule has 8 rings (SSSR count). The van der Waals surface area contributed by atoms with E-state index in [1.807, 2.05) is 22.7 Å². The minimum absolute atomic E-state index is 0.552. The molecule has 0 bridgehead atoms. The third-order valence-electron chi connectivity index (χ3n) is 10.5. The van der Waals surface area contributed by atoms with E-state index in [9.17, 15) is 0 Å². The molecule has 4 heterocycles. The minimum atomic E-state index is 0.552. The molecule has 41 heavy (non-hydrogen) atoms. The molecule has 4 aliphatic carbocycles. The van der Waals surface area contributed by atoms with Gasteiger partial charge in [-0.3, -0.25) is 0 Å². The van der Waals surface area contributed by atoms with E-state index >= 15 is 0 Å². The van der Waals surface area contributed by atoms with Crippen LogP contribution in [0.4, 0.5) is 11.6 Å². The normalized spacial score (nSPS) is 26.5. The van der Waals surface area contributed by atoms with Crippen molar-refractivity contribution in [2.75, 3.05) is 10.6 Å². The Morgan fingerprint density at radius 2 is 1.00 bits per heavy atom. The van der Waals surface area contributed by atoms with Crippen LogP contribution in [0.25, 0.3) is 20.4 Å². The summed E-state index contributed by atoms with van der Waals surface area (Å²) in [5.41, 5.74) is 3.08. The number of aryl methyl sites for hydroxylation is 4. The molecule has 4 aromatic heterocycles. The molecule has 4 aliphatic rings. The quantitative estimate of drug-likeness (QED) is 0.236. The fourth-order valence-electron chi connectivity index (χ4n) is 8.34. The van der Waals surface area contributed by atoms with Crippen molar-refractivity contribution in [1.29, 1.82) is 0 Å². The predicted octanol–water partition coefficient (Wildman–Crippen LogP) is 8.49. The van der Waals surface area contributed by atoms with Gasteiger partial charge in [-0.15, -0.1) is 22.7 Å². The highest BCUT2D eigenvalue weighted by molar-refractivity contribution is 7.19. The molecule has 0 unspecified atom stereocenters. The van der Waals surface area contributed by atoms with E-state index in [2.05, 4.69) is 20.6 Å². The highest BCUT2D eigenvalue weighted by Gasteiger charge is 2.29. The maximum absolute atomic E-state index is 4.74. The zero-order valence-corrected chi connectivity index (χ0v) is 25.7. The number of hydrogen-bond donors (Lipinski definition) is 2. The molecule has 0 aliphatic heterocycles. The third-order valence-corrected chi connectivity index (χ3v) is 12.9. The van der Waals surface area contributed by atoms with E-state index in [0.29, 0.717) is 12.1 Å². The summed E-state index contributed by atoms with van der Waals surface area (Å²) in [6, 6.07) is 1.10. The van der Waals surface area contributed by atoms with Crippen molar-refractivity contribution in [3.05, 3.63) is 33.5 Å². The standard InChI is InChI=1S/C33H42N6S2/c1-3-7-26-24(5-1)28-30(34-18-36-32(28)40-26)38-22-13-9-20(10-14-22)17-21-11-15-23(16-12-21)39-31-29-25-6-2-4-8-27(25)41-33(29)37-19-35-31/h18-23H,1-17H2,(H,34,36,38)(H,35,37,39). The van der Waals surface area contributed by atoms with Crippen molar-refractivity contribution in [3.63, 3.8) is 0 Å². The molecule has 2 fully saturated rings. The van der Waals surface area contributed by atoms with Crippen LogP contribution in [0.2, 0.25) is 0 Å². The van der Waals surface area contributed by atoms with Crippen LogP contribution in [-0.4, -0.2) is 32.0 Å². The molecule has 0 spiro atoms. The van der Waals surface area contributed by atoms with E-state index in [1.165, 1.54) is 141 Å². The molecular formula is C33H42N6S2. The zero-order valence-electron chi connectivity index (χ0n) is 24.1. The zero-order chi connectivity index (χ0) is 27.2. The molecule has 2 saturated carbocycles. The van der Waals surface area contributed by atoms with Crippen LogP contribution < -0.4 is 10.6 Å². The third kappa shape index (κ3) is 5.24. The number of aromatic nitrogens is 4. The maximum atomic E-state index is 4.74. The van der Waals surface area contributed by atoms with Gasteiger partial charge in [0, 0.05) is 21.8 Å². The van der Waals surface area contributed by atoms with Gasteiger partial charge in [-0.05, 0) is 132 Å². The van der Waals surface area contributed by atoms with Gasteiger partial charge >= 0.3 is 0 Å². The van der Waals surface area contributed by atoms with E-state index in [1.54, 1.807) is 22.4 Å². The van der Waals surface area contributed by atoms with Crippen LogP contribution in [0.1, 0.15) is 104 Å². The number of anilines is 2. The van der Waals surface area contributed by atoms with Crippen LogP contribution in [0.5, 0.6) is 0 Å². The summed E-state index contributed by atoms with van der Waals surface area (Å²) in [6.45, 7) is 0. The van der Waals surface area contributed by atoms with E-state index in [-0.39, 0.29) is 0 Å². The highest BCUT2D eigenvalue weighted by atomic mass is 32.1. The first-order valence-corrected chi connectivity index (χ1v) is 18.0.